The summed E-state index contributed by atoms with van der Waals surface area (Å²) in [6, 6.07) is 9.22. The lowest BCUT2D eigenvalue weighted by Gasteiger charge is -2.16. The molecule has 0 radical (unpaired) electrons. The van der Waals surface area contributed by atoms with E-state index in [1.54, 1.807) is 0 Å². The van der Waals surface area contributed by atoms with Gasteiger partial charge in [0.25, 0.3) is 0 Å². The molecule has 1 rings (SSSR count). The van der Waals surface area contributed by atoms with Crippen molar-refractivity contribution in [3.05, 3.63) is 35.9 Å². The highest BCUT2D eigenvalue weighted by Crippen LogP contribution is 2.05. The molecule has 0 aliphatic carbocycles. The first-order valence-corrected chi connectivity index (χ1v) is 7.24. The van der Waals surface area contributed by atoms with Crippen molar-refractivity contribution in [3.63, 3.8) is 0 Å². The van der Waals surface area contributed by atoms with Crippen molar-refractivity contribution >= 4 is 23.5 Å². The van der Waals surface area contributed by atoms with Crippen molar-refractivity contribution < 1.29 is 14.3 Å². The maximum atomic E-state index is 11.7. The van der Waals surface area contributed by atoms with E-state index in [0.29, 0.717) is 0 Å². The minimum Gasteiger partial charge on any atom is -0.445 e. The Balaban J connectivity index is 2.39. The van der Waals surface area contributed by atoms with Crippen molar-refractivity contribution in [1.29, 1.82) is 0 Å². The second-order valence-electron chi connectivity index (χ2n) is 4.57. The van der Waals surface area contributed by atoms with Crippen LogP contribution in [0.4, 0.5) is 4.79 Å². The maximum Gasteiger partial charge on any atom is 0.407 e. The van der Waals surface area contributed by atoms with Gasteiger partial charge in [0.1, 0.15) is 12.4 Å². The van der Waals surface area contributed by atoms with Gasteiger partial charge in [0.15, 0.2) is 0 Å². The summed E-state index contributed by atoms with van der Waals surface area (Å²) in [5, 5.41) is 2.71. The van der Waals surface area contributed by atoms with Gasteiger partial charge in [-0.3, -0.25) is 4.79 Å². The lowest BCUT2D eigenvalue weighted by molar-refractivity contribution is -0.117. The van der Waals surface area contributed by atoms with E-state index >= 15 is 0 Å². The second kappa shape index (κ2) is 9.37. The van der Waals surface area contributed by atoms with E-state index in [9.17, 15) is 9.59 Å². The molecule has 0 saturated carbocycles. The Morgan fingerprint density at radius 3 is 2.60 bits per heavy atom. The predicted octanol–water partition coefficient (Wildman–Crippen LogP) is 3.28. The number of alkyl halides is 1. The fourth-order valence-corrected chi connectivity index (χ4v) is 1.94. The van der Waals surface area contributed by atoms with E-state index in [2.05, 4.69) is 5.32 Å². The molecule has 0 fully saturated rings. The third-order valence-electron chi connectivity index (χ3n) is 2.79. The van der Waals surface area contributed by atoms with Gasteiger partial charge in [0, 0.05) is 12.5 Å². The smallest absolute Gasteiger partial charge is 0.407 e. The Kier molecular flexibility index (Phi) is 7.73. The highest BCUT2D eigenvalue weighted by atomic mass is 35.5. The van der Waals surface area contributed by atoms with Crippen LogP contribution in [0.15, 0.2) is 30.3 Å². The molecule has 5 heteroatoms. The van der Waals surface area contributed by atoms with Gasteiger partial charge in [-0.25, -0.2) is 4.79 Å². The van der Waals surface area contributed by atoms with Crippen LogP contribution in [0.3, 0.4) is 0 Å². The van der Waals surface area contributed by atoms with Gasteiger partial charge < -0.3 is 10.1 Å². The molecule has 0 aromatic heterocycles. The fraction of sp³-hybridized carbons (Fsp3) is 0.467. The zero-order valence-corrected chi connectivity index (χ0v) is 12.4. The van der Waals surface area contributed by atoms with Gasteiger partial charge >= 0.3 is 6.09 Å². The number of nitrogens with one attached hydrogen (secondary N) is 1. The molecule has 20 heavy (non-hydrogen) atoms. The molecule has 0 heterocycles. The van der Waals surface area contributed by atoms with Crippen LogP contribution in [0.25, 0.3) is 0 Å². The number of Topliss-reactive ketones (excluding diaryl/α,β-unsaturated/α-hetero) is 1. The highest BCUT2D eigenvalue weighted by Gasteiger charge is 2.15. The molecule has 0 saturated heterocycles. The molecular formula is C15H20ClNO3. The summed E-state index contributed by atoms with van der Waals surface area (Å²) in [5.41, 5.74) is 0.923. The summed E-state index contributed by atoms with van der Waals surface area (Å²) in [6.07, 6.45) is 1.34. The molecule has 0 aliphatic heterocycles. The Morgan fingerprint density at radius 1 is 1.30 bits per heavy atom. The SMILES string of the molecule is CCCC(CC(=O)CCl)NC(=O)OCc1ccccc1. The Labute approximate surface area is 124 Å². The number of rotatable bonds is 8. The molecule has 0 bridgehead atoms. The number of hydrogen-bond acceptors (Lipinski definition) is 3. The summed E-state index contributed by atoms with van der Waals surface area (Å²) in [5.74, 6) is -0.102. The maximum absolute atomic E-state index is 11.7. The molecule has 1 aromatic rings. The van der Waals surface area contributed by atoms with E-state index in [0.717, 1.165) is 18.4 Å². The van der Waals surface area contributed by atoms with Crippen LogP contribution in [0, 0.1) is 0 Å². The summed E-state index contributed by atoms with van der Waals surface area (Å²) in [4.78, 5) is 23.0. The van der Waals surface area contributed by atoms with Crippen molar-refractivity contribution in [2.75, 3.05) is 5.88 Å². The second-order valence-corrected chi connectivity index (χ2v) is 4.84. The summed E-state index contributed by atoms with van der Waals surface area (Å²) >= 11 is 5.48. The zero-order valence-electron chi connectivity index (χ0n) is 11.6. The van der Waals surface area contributed by atoms with Crippen LogP contribution in [0.2, 0.25) is 0 Å². The molecule has 0 spiro atoms. The largest absolute Gasteiger partial charge is 0.445 e. The van der Waals surface area contributed by atoms with Crippen molar-refractivity contribution in [1.82, 2.24) is 5.32 Å². The first-order valence-electron chi connectivity index (χ1n) is 6.70. The Morgan fingerprint density at radius 2 is 2.00 bits per heavy atom. The monoisotopic (exact) mass is 297 g/mol. The fourth-order valence-electron chi connectivity index (χ4n) is 1.83. The first kappa shape index (κ1) is 16.5. The van der Waals surface area contributed by atoms with E-state index in [-0.39, 0.29) is 30.7 Å². The minimum absolute atomic E-state index is 0.0268. The molecule has 1 atom stereocenters. The Hall–Kier alpha value is -1.55. The number of ketones is 1. The van der Waals surface area contributed by atoms with Crippen molar-refractivity contribution in [3.8, 4) is 0 Å². The third-order valence-corrected chi connectivity index (χ3v) is 3.09. The topological polar surface area (TPSA) is 55.4 Å². The van der Waals surface area contributed by atoms with Crippen LogP contribution in [0.1, 0.15) is 31.7 Å². The molecular weight excluding hydrogens is 278 g/mol. The highest BCUT2D eigenvalue weighted by molar-refractivity contribution is 6.27. The lowest BCUT2D eigenvalue weighted by Crippen LogP contribution is -2.37. The molecule has 1 N–H and O–H groups in total. The van der Waals surface area contributed by atoms with E-state index < -0.39 is 6.09 Å². The standard InChI is InChI=1S/C15H20ClNO3/c1-2-6-13(9-14(18)10-16)17-15(19)20-11-12-7-4-3-5-8-12/h3-5,7-8,13H,2,6,9-11H2,1H3,(H,17,19). The average molecular weight is 298 g/mol. The van der Waals surface area contributed by atoms with Crippen molar-refractivity contribution in [2.45, 2.75) is 38.8 Å². The number of alkyl carbamates (subject to hydrolysis) is 1. The van der Waals surface area contributed by atoms with Crippen LogP contribution >= 0.6 is 11.6 Å². The number of benzene rings is 1. The van der Waals surface area contributed by atoms with Gasteiger partial charge in [-0.1, -0.05) is 43.7 Å². The molecule has 1 aromatic carbocycles. The predicted molar refractivity (Wildman–Crippen MR) is 78.8 cm³/mol. The van der Waals surface area contributed by atoms with Crippen LogP contribution < -0.4 is 5.32 Å². The minimum atomic E-state index is -0.505. The number of hydrogen-bond donors (Lipinski definition) is 1. The van der Waals surface area contributed by atoms with Crippen LogP contribution in [-0.4, -0.2) is 23.8 Å². The lowest BCUT2D eigenvalue weighted by atomic mass is 10.1. The van der Waals surface area contributed by atoms with Gasteiger partial charge in [-0.05, 0) is 12.0 Å². The van der Waals surface area contributed by atoms with Crippen LogP contribution in [-0.2, 0) is 16.1 Å². The first-order chi connectivity index (χ1) is 9.65. The third kappa shape index (κ3) is 6.57. The van der Waals surface area contributed by atoms with Crippen LogP contribution in [0.5, 0.6) is 0 Å². The Bertz CT molecular complexity index is 422. The van der Waals surface area contributed by atoms with Gasteiger partial charge in [0.2, 0.25) is 0 Å². The number of halogens is 1. The summed E-state index contributed by atoms with van der Waals surface area (Å²) < 4.78 is 5.13. The van der Waals surface area contributed by atoms with Gasteiger partial charge in [-0.15, -0.1) is 11.6 Å². The number of carbonyl (C=O) groups is 2. The normalized spacial score (nSPS) is 11.7. The molecule has 0 aliphatic rings. The molecule has 1 unspecified atom stereocenters. The number of amides is 1. The van der Waals surface area contributed by atoms with E-state index in [1.165, 1.54) is 0 Å². The van der Waals surface area contributed by atoms with Gasteiger partial charge in [-0.2, -0.15) is 0 Å². The summed E-state index contributed by atoms with van der Waals surface area (Å²) in [6.45, 7) is 2.21. The zero-order chi connectivity index (χ0) is 14.8. The quantitative estimate of drug-likeness (QED) is 0.749. The summed E-state index contributed by atoms with van der Waals surface area (Å²) in [7, 11) is 0. The van der Waals surface area contributed by atoms with Crippen molar-refractivity contribution in [2.24, 2.45) is 0 Å². The van der Waals surface area contributed by atoms with E-state index in [1.807, 2.05) is 37.3 Å². The molecule has 110 valence electrons. The van der Waals surface area contributed by atoms with E-state index in [4.69, 9.17) is 16.3 Å². The average Bonchev–Trinajstić information content (AvgIpc) is 2.46. The number of ether oxygens (including phenoxy) is 1. The molecule has 4 nitrogen and oxygen atoms in total. The molecule has 1 amide bonds. The van der Waals surface area contributed by atoms with Gasteiger partial charge in [0.05, 0.1) is 5.88 Å². The number of carbonyl (C=O) groups excluding carboxylic acids is 2.